The zero-order valence-electron chi connectivity index (χ0n) is 11.5. The molecule has 3 atom stereocenters. The van der Waals surface area contributed by atoms with Gasteiger partial charge in [-0.05, 0) is 30.6 Å². The van der Waals surface area contributed by atoms with Gasteiger partial charge in [-0.3, -0.25) is 4.79 Å². The van der Waals surface area contributed by atoms with Crippen molar-refractivity contribution in [2.75, 3.05) is 13.2 Å². The molecule has 2 fully saturated rings. The summed E-state index contributed by atoms with van der Waals surface area (Å²) in [6.07, 6.45) is 2.93. The summed E-state index contributed by atoms with van der Waals surface area (Å²) in [7, 11) is 0. The fraction of sp³-hybridized carbons (Fsp3) is 0.929. The fourth-order valence-corrected chi connectivity index (χ4v) is 4.52. The lowest BCUT2D eigenvalue weighted by Gasteiger charge is -2.42. The predicted octanol–water partition coefficient (Wildman–Crippen LogP) is 3.03. The molecule has 2 aliphatic rings. The van der Waals surface area contributed by atoms with E-state index in [4.69, 9.17) is 4.74 Å². The molecule has 0 spiro atoms. The molecular weight excluding hydrogens is 248 g/mol. The zero-order chi connectivity index (χ0) is 13.3. The molecule has 1 aliphatic heterocycles. The first-order valence-corrected chi connectivity index (χ1v) is 7.78. The van der Waals surface area contributed by atoms with E-state index in [0.717, 1.165) is 32.5 Å². The van der Waals surface area contributed by atoms with E-state index in [2.05, 4.69) is 20.8 Å². The van der Waals surface area contributed by atoms with Crippen molar-refractivity contribution >= 4 is 17.7 Å². The number of carbonyl (C=O) groups is 1. The average molecular weight is 272 g/mol. The van der Waals surface area contributed by atoms with Crippen LogP contribution in [-0.2, 0) is 9.53 Å². The molecule has 0 aromatic heterocycles. The van der Waals surface area contributed by atoms with Crippen LogP contribution in [0, 0.1) is 17.3 Å². The number of carboxylic acids is 1. The maximum atomic E-state index is 11.4. The topological polar surface area (TPSA) is 46.5 Å². The lowest BCUT2D eigenvalue weighted by Crippen LogP contribution is -2.41. The van der Waals surface area contributed by atoms with Crippen LogP contribution in [0.3, 0.4) is 0 Å². The number of aliphatic carboxylic acids is 1. The molecule has 3 unspecified atom stereocenters. The summed E-state index contributed by atoms with van der Waals surface area (Å²) in [4.78, 5) is 11.4. The molecule has 0 aromatic carbocycles. The second kappa shape index (κ2) is 5.41. The van der Waals surface area contributed by atoms with E-state index in [9.17, 15) is 9.90 Å². The first kappa shape index (κ1) is 14.2. The summed E-state index contributed by atoms with van der Waals surface area (Å²) < 4.78 is 5.20. The van der Waals surface area contributed by atoms with Gasteiger partial charge >= 0.3 is 5.97 Å². The summed E-state index contributed by atoms with van der Waals surface area (Å²) >= 11 is 1.86. The van der Waals surface area contributed by atoms with Gasteiger partial charge in [0, 0.05) is 5.25 Å². The van der Waals surface area contributed by atoms with Gasteiger partial charge in [-0.25, -0.2) is 0 Å². The van der Waals surface area contributed by atoms with Crippen molar-refractivity contribution < 1.29 is 14.6 Å². The third-order valence-corrected chi connectivity index (χ3v) is 5.84. The predicted molar refractivity (Wildman–Crippen MR) is 73.9 cm³/mol. The minimum absolute atomic E-state index is 0.158. The molecule has 1 N–H and O–H groups in total. The second-order valence-electron chi connectivity index (χ2n) is 6.65. The van der Waals surface area contributed by atoms with E-state index < -0.39 is 5.97 Å². The van der Waals surface area contributed by atoms with E-state index in [1.165, 1.54) is 0 Å². The van der Waals surface area contributed by atoms with Crippen LogP contribution >= 0.6 is 11.8 Å². The van der Waals surface area contributed by atoms with Gasteiger partial charge in [-0.1, -0.05) is 20.8 Å². The Balaban J connectivity index is 2.00. The minimum atomic E-state index is -0.611. The van der Waals surface area contributed by atoms with E-state index >= 15 is 0 Å². The number of thioether (sulfide) groups is 1. The Bertz CT molecular complexity index is 307. The number of ether oxygens (including phenoxy) is 1. The van der Waals surface area contributed by atoms with Gasteiger partial charge in [0.15, 0.2) is 0 Å². The smallest absolute Gasteiger partial charge is 0.307 e. The first-order chi connectivity index (χ1) is 8.38. The number of carboxylic acid groups (broad SMARTS) is 1. The summed E-state index contributed by atoms with van der Waals surface area (Å²) in [5.41, 5.74) is 0.290. The molecule has 3 nitrogen and oxygen atoms in total. The summed E-state index contributed by atoms with van der Waals surface area (Å²) in [6.45, 7) is 8.41. The van der Waals surface area contributed by atoms with Gasteiger partial charge in [-0.2, -0.15) is 0 Å². The van der Waals surface area contributed by atoms with Crippen molar-refractivity contribution in [3.63, 3.8) is 0 Å². The lowest BCUT2D eigenvalue weighted by atomic mass is 9.69. The quantitative estimate of drug-likeness (QED) is 0.858. The Hall–Kier alpha value is -0.220. The number of rotatable bonds is 3. The van der Waals surface area contributed by atoms with E-state index in [1.807, 2.05) is 11.8 Å². The molecule has 1 aliphatic carbocycles. The Kier molecular flexibility index (Phi) is 4.27. The molecule has 18 heavy (non-hydrogen) atoms. The van der Waals surface area contributed by atoms with E-state index in [-0.39, 0.29) is 11.2 Å². The highest BCUT2D eigenvalue weighted by Crippen LogP contribution is 2.45. The van der Waals surface area contributed by atoms with Crippen LogP contribution in [0.1, 0.15) is 40.0 Å². The molecule has 1 saturated heterocycles. The van der Waals surface area contributed by atoms with Crippen molar-refractivity contribution in [2.45, 2.75) is 50.5 Å². The maximum absolute atomic E-state index is 11.4. The van der Waals surface area contributed by atoms with Gasteiger partial charge in [-0.15, -0.1) is 11.8 Å². The Labute approximate surface area is 114 Å². The first-order valence-electron chi connectivity index (χ1n) is 6.84. The molecule has 104 valence electrons. The highest BCUT2D eigenvalue weighted by molar-refractivity contribution is 8.00. The van der Waals surface area contributed by atoms with Crippen molar-refractivity contribution in [3.05, 3.63) is 0 Å². The van der Waals surface area contributed by atoms with Crippen LogP contribution in [0.4, 0.5) is 0 Å². The SMILES string of the molecule is CC(C)(C)C1CCC(C(=O)O)C(SC2COC2)C1. The third kappa shape index (κ3) is 3.21. The molecular formula is C14H24O3S. The molecule has 2 rings (SSSR count). The number of hydrogen-bond donors (Lipinski definition) is 1. The van der Waals surface area contributed by atoms with Gasteiger partial charge in [0.05, 0.1) is 24.4 Å². The summed E-state index contributed by atoms with van der Waals surface area (Å²) in [6, 6.07) is 0. The van der Waals surface area contributed by atoms with Crippen LogP contribution in [0.2, 0.25) is 0 Å². The van der Waals surface area contributed by atoms with Gasteiger partial charge < -0.3 is 9.84 Å². The third-order valence-electron chi connectivity index (χ3n) is 4.31. The highest BCUT2D eigenvalue weighted by atomic mass is 32.2. The van der Waals surface area contributed by atoms with Crippen LogP contribution in [0.5, 0.6) is 0 Å². The number of hydrogen-bond acceptors (Lipinski definition) is 3. The van der Waals surface area contributed by atoms with Crippen LogP contribution in [0.15, 0.2) is 0 Å². The maximum Gasteiger partial charge on any atom is 0.307 e. The van der Waals surface area contributed by atoms with Gasteiger partial charge in [0.2, 0.25) is 0 Å². The summed E-state index contributed by atoms with van der Waals surface area (Å²) in [5.74, 6) is -0.124. The molecule has 0 amide bonds. The van der Waals surface area contributed by atoms with E-state index in [1.54, 1.807) is 0 Å². The molecule has 0 aromatic rings. The molecule has 4 heteroatoms. The molecule has 1 saturated carbocycles. The lowest BCUT2D eigenvalue weighted by molar-refractivity contribution is -0.143. The Morgan fingerprint density at radius 1 is 1.28 bits per heavy atom. The highest BCUT2D eigenvalue weighted by Gasteiger charge is 2.41. The Morgan fingerprint density at radius 2 is 1.94 bits per heavy atom. The van der Waals surface area contributed by atoms with Crippen molar-refractivity contribution in [1.29, 1.82) is 0 Å². The van der Waals surface area contributed by atoms with Crippen molar-refractivity contribution in [1.82, 2.24) is 0 Å². The van der Waals surface area contributed by atoms with Crippen molar-refractivity contribution in [2.24, 2.45) is 17.3 Å². The largest absolute Gasteiger partial charge is 0.481 e. The van der Waals surface area contributed by atoms with Gasteiger partial charge in [0.1, 0.15) is 0 Å². The van der Waals surface area contributed by atoms with Crippen LogP contribution < -0.4 is 0 Å². The zero-order valence-corrected chi connectivity index (χ0v) is 12.3. The molecule has 0 radical (unpaired) electrons. The fourth-order valence-electron chi connectivity index (χ4n) is 2.89. The Morgan fingerprint density at radius 3 is 2.39 bits per heavy atom. The van der Waals surface area contributed by atoms with Gasteiger partial charge in [0.25, 0.3) is 0 Å². The molecule has 0 bridgehead atoms. The van der Waals surface area contributed by atoms with E-state index in [0.29, 0.717) is 16.6 Å². The van der Waals surface area contributed by atoms with Crippen LogP contribution in [-0.4, -0.2) is 34.8 Å². The van der Waals surface area contributed by atoms with Crippen LogP contribution in [0.25, 0.3) is 0 Å². The second-order valence-corrected chi connectivity index (χ2v) is 8.20. The standard InChI is InChI=1S/C14H24O3S/c1-14(2,3)9-4-5-11(13(15)16)12(6-9)18-10-7-17-8-10/h9-12H,4-8H2,1-3H3,(H,15,16). The summed E-state index contributed by atoms with van der Waals surface area (Å²) in [5, 5.41) is 10.2. The van der Waals surface area contributed by atoms with Crippen molar-refractivity contribution in [3.8, 4) is 0 Å². The average Bonchev–Trinajstić information content (AvgIpc) is 2.21. The monoisotopic (exact) mass is 272 g/mol. The molecule has 1 heterocycles. The normalized spacial score (nSPS) is 34.1. The minimum Gasteiger partial charge on any atom is -0.481 e.